The van der Waals surface area contributed by atoms with E-state index in [4.69, 9.17) is 23.2 Å². The minimum absolute atomic E-state index is 0.278. The van der Waals surface area contributed by atoms with Crippen molar-refractivity contribution in [2.45, 2.75) is 6.54 Å². The Hall–Kier alpha value is -0.770. The van der Waals surface area contributed by atoms with Crippen LogP contribution < -0.4 is 5.32 Å². The van der Waals surface area contributed by atoms with Gasteiger partial charge in [0, 0.05) is 27.3 Å². The van der Waals surface area contributed by atoms with Gasteiger partial charge < -0.3 is 5.32 Å². The molecule has 0 saturated heterocycles. The molecule has 18 heavy (non-hydrogen) atoms. The lowest BCUT2D eigenvalue weighted by Gasteiger charge is -2.08. The van der Waals surface area contributed by atoms with E-state index in [9.17, 15) is 4.39 Å². The summed E-state index contributed by atoms with van der Waals surface area (Å²) in [6, 6.07) is 9.92. The highest BCUT2D eigenvalue weighted by atomic mass is 79.9. The molecule has 0 radical (unpaired) electrons. The first kappa shape index (κ1) is 13.7. The molecule has 1 N–H and O–H groups in total. The molecule has 0 saturated carbocycles. The van der Waals surface area contributed by atoms with Crippen LogP contribution in [0.4, 0.5) is 10.1 Å². The van der Waals surface area contributed by atoms with Gasteiger partial charge in [-0.3, -0.25) is 0 Å². The van der Waals surface area contributed by atoms with Gasteiger partial charge >= 0.3 is 0 Å². The van der Waals surface area contributed by atoms with Crippen LogP contribution in [0.3, 0.4) is 0 Å². The van der Waals surface area contributed by atoms with Crippen LogP contribution in [0.25, 0.3) is 0 Å². The van der Waals surface area contributed by atoms with Crippen molar-refractivity contribution in [3.05, 3.63) is 62.3 Å². The van der Waals surface area contributed by atoms with Crippen molar-refractivity contribution in [1.29, 1.82) is 0 Å². The van der Waals surface area contributed by atoms with E-state index in [0.29, 0.717) is 22.2 Å². The molecule has 0 spiro atoms. The Labute approximate surface area is 123 Å². The SMILES string of the molecule is Fc1ccc(Cl)cc1CNc1ccc(Cl)c(Br)c1. The van der Waals surface area contributed by atoms with Crippen LogP contribution >= 0.6 is 39.1 Å². The number of hydrogen-bond donors (Lipinski definition) is 1. The fraction of sp³-hybridized carbons (Fsp3) is 0.0769. The molecule has 0 aliphatic carbocycles. The van der Waals surface area contributed by atoms with E-state index in [-0.39, 0.29) is 5.82 Å². The summed E-state index contributed by atoms with van der Waals surface area (Å²) in [5.74, 6) is -0.278. The summed E-state index contributed by atoms with van der Waals surface area (Å²) in [7, 11) is 0. The van der Waals surface area contributed by atoms with Crippen LogP contribution in [-0.2, 0) is 6.54 Å². The Bertz CT molecular complexity index is 575. The van der Waals surface area contributed by atoms with Gasteiger partial charge in [-0.25, -0.2) is 4.39 Å². The van der Waals surface area contributed by atoms with Gasteiger partial charge in [0.05, 0.1) is 5.02 Å². The zero-order valence-corrected chi connectivity index (χ0v) is 12.3. The van der Waals surface area contributed by atoms with Crippen LogP contribution in [0.1, 0.15) is 5.56 Å². The van der Waals surface area contributed by atoms with Crippen LogP contribution in [-0.4, -0.2) is 0 Å². The first-order valence-electron chi connectivity index (χ1n) is 5.19. The van der Waals surface area contributed by atoms with E-state index in [1.807, 2.05) is 12.1 Å². The van der Waals surface area contributed by atoms with Crippen molar-refractivity contribution in [3.63, 3.8) is 0 Å². The van der Waals surface area contributed by atoms with E-state index in [0.717, 1.165) is 10.2 Å². The lowest BCUT2D eigenvalue weighted by Crippen LogP contribution is -2.01. The summed E-state index contributed by atoms with van der Waals surface area (Å²) in [4.78, 5) is 0. The monoisotopic (exact) mass is 347 g/mol. The van der Waals surface area contributed by atoms with Gasteiger partial charge in [-0.05, 0) is 52.3 Å². The molecule has 2 aromatic carbocycles. The topological polar surface area (TPSA) is 12.0 Å². The maximum atomic E-state index is 13.5. The third-order valence-electron chi connectivity index (χ3n) is 2.41. The lowest BCUT2D eigenvalue weighted by atomic mass is 10.2. The molecule has 94 valence electrons. The van der Waals surface area contributed by atoms with Crippen LogP contribution in [0.15, 0.2) is 40.9 Å². The average Bonchev–Trinajstić information content (AvgIpc) is 2.34. The van der Waals surface area contributed by atoms with Gasteiger partial charge in [-0.1, -0.05) is 23.2 Å². The van der Waals surface area contributed by atoms with Gasteiger partial charge in [0.1, 0.15) is 5.82 Å². The van der Waals surface area contributed by atoms with E-state index in [1.165, 1.54) is 12.1 Å². The first-order chi connectivity index (χ1) is 8.56. The number of hydrogen-bond acceptors (Lipinski definition) is 1. The largest absolute Gasteiger partial charge is 0.381 e. The normalized spacial score (nSPS) is 10.4. The Balaban J connectivity index is 2.11. The van der Waals surface area contributed by atoms with Gasteiger partial charge in [-0.15, -0.1) is 0 Å². The van der Waals surface area contributed by atoms with E-state index in [2.05, 4.69) is 21.2 Å². The Morgan fingerprint density at radius 2 is 1.89 bits per heavy atom. The molecule has 2 aromatic rings. The molecule has 0 amide bonds. The van der Waals surface area contributed by atoms with Crippen LogP contribution in [0.5, 0.6) is 0 Å². The highest BCUT2D eigenvalue weighted by Crippen LogP contribution is 2.26. The van der Waals surface area contributed by atoms with E-state index >= 15 is 0 Å². The molecule has 0 unspecified atom stereocenters. The third-order valence-corrected chi connectivity index (χ3v) is 3.86. The third kappa shape index (κ3) is 3.37. The average molecular weight is 349 g/mol. The first-order valence-corrected chi connectivity index (χ1v) is 6.74. The molecule has 0 aromatic heterocycles. The molecule has 1 nitrogen and oxygen atoms in total. The molecule has 2 rings (SSSR count). The second-order valence-electron chi connectivity index (χ2n) is 3.72. The Morgan fingerprint density at radius 1 is 1.11 bits per heavy atom. The minimum Gasteiger partial charge on any atom is -0.381 e. The summed E-state index contributed by atoms with van der Waals surface area (Å²) in [5.41, 5.74) is 1.37. The van der Waals surface area contributed by atoms with E-state index in [1.54, 1.807) is 12.1 Å². The molecule has 0 aliphatic heterocycles. The van der Waals surface area contributed by atoms with Gasteiger partial charge in [0.2, 0.25) is 0 Å². The fourth-order valence-corrected chi connectivity index (χ4v) is 2.17. The molecule has 0 heterocycles. The molecule has 0 aliphatic rings. The van der Waals surface area contributed by atoms with Gasteiger partial charge in [-0.2, -0.15) is 0 Å². The summed E-state index contributed by atoms with van der Waals surface area (Å²) in [5, 5.41) is 4.26. The Kier molecular flexibility index (Phi) is 4.49. The van der Waals surface area contributed by atoms with Crippen molar-refractivity contribution in [2.75, 3.05) is 5.32 Å². The lowest BCUT2D eigenvalue weighted by molar-refractivity contribution is 0.613. The maximum Gasteiger partial charge on any atom is 0.128 e. The van der Waals surface area contributed by atoms with Crippen molar-refractivity contribution >= 4 is 44.8 Å². The smallest absolute Gasteiger partial charge is 0.128 e. The van der Waals surface area contributed by atoms with Gasteiger partial charge in [0.25, 0.3) is 0 Å². The van der Waals surface area contributed by atoms with Crippen molar-refractivity contribution < 1.29 is 4.39 Å². The van der Waals surface area contributed by atoms with Gasteiger partial charge in [0.15, 0.2) is 0 Å². The minimum atomic E-state index is -0.278. The summed E-state index contributed by atoms with van der Waals surface area (Å²) < 4.78 is 14.3. The number of rotatable bonds is 3. The predicted molar refractivity (Wildman–Crippen MR) is 77.9 cm³/mol. The van der Waals surface area contributed by atoms with Crippen molar-refractivity contribution in [1.82, 2.24) is 0 Å². The summed E-state index contributed by atoms with van der Waals surface area (Å²) in [6.45, 7) is 0.362. The fourth-order valence-electron chi connectivity index (χ4n) is 1.48. The van der Waals surface area contributed by atoms with Crippen LogP contribution in [0, 0.1) is 5.82 Å². The van der Waals surface area contributed by atoms with E-state index < -0.39 is 0 Å². The summed E-state index contributed by atoms with van der Waals surface area (Å²) >= 11 is 15.0. The van der Waals surface area contributed by atoms with Crippen molar-refractivity contribution in [2.24, 2.45) is 0 Å². The molecule has 0 atom stereocenters. The highest BCUT2D eigenvalue weighted by Gasteiger charge is 2.04. The second-order valence-corrected chi connectivity index (χ2v) is 5.42. The quantitative estimate of drug-likeness (QED) is 0.771. The maximum absolute atomic E-state index is 13.5. The summed E-state index contributed by atoms with van der Waals surface area (Å²) in [6.07, 6.45) is 0. The molecule has 5 heteroatoms. The number of benzene rings is 2. The molecule has 0 bridgehead atoms. The Morgan fingerprint density at radius 3 is 2.61 bits per heavy atom. The van der Waals surface area contributed by atoms with Crippen LogP contribution in [0.2, 0.25) is 10.0 Å². The number of nitrogens with one attached hydrogen (secondary N) is 1. The van der Waals surface area contributed by atoms with Crippen molar-refractivity contribution in [3.8, 4) is 0 Å². The molecular formula is C13H9BrCl2FN. The zero-order chi connectivity index (χ0) is 13.1. The highest BCUT2D eigenvalue weighted by molar-refractivity contribution is 9.10. The second kappa shape index (κ2) is 5.91. The molecule has 0 fully saturated rings. The molecular weight excluding hydrogens is 340 g/mol. The standard InChI is InChI=1S/C13H9BrCl2FN/c14-11-6-10(2-3-12(11)16)18-7-8-5-9(15)1-4-13(8)17/h1-6,18H,7H2. The number of anilines is 1. The number of halogens is 4. The predicted octanol–water partition coefficient (Wildman–Crippen LogP) is 5.51. The zero-order valence-electron chi connectivity index (χ0n) is 9.18.